The molecule has 5 N–H and O–H groups in total. The Labute approximate surface area is 179 Å². The molecule has 30 heavy (non-hydrogen) atoms. The highest BCUT2D eigenvalue weighted by atomic mass is 35.5. The summed E-state index contributed by atoms with van der Waals surface area (Å²) in [4.78, 5) is 22.0. The number of anilines is 3. The van der Waals surface area contributed by atoms with Gasteiger partial charge in [0.25, 0.3) is 0 Å². The van der Waals surface area contributed by atoms with Gasteiger partial charge in [0.05, 0.1) is 0 Å². The number of ketones is 1. The smallest absolute Gasteiger partial charge is 0.223 e. The van der Waals surface area contributed by atoms with Gasteiger partial charge >= 0.3 is 0 Å². The second-order valence-electron chi connectivity index (χ2n) is 7.67. The molecular formula is C23H20ClN5O. The van der Waals surface area contributed by atoms with Crippen LogP contribution in [0.2, 0.25) is 5.02 Å². The Kier molecular flexibility index (Phi) is 4.44. The van der Waals surface area contributed by atoms with Crippen molar-refractivity contribution >= 4 is 35.0 Å². The van der Waals surface area contributed by atoms with E-state index in [1.165, 1.54) is 0 Å². The van der Waals surface area contributed by atoms with Gasteiger partial charge in [-0.1, -0.05) is 54.1 Å². The van der Waals surface area contributed by atoms with Crippen LogP contribution in [0.1, 0.15) is 41.4 Å². The van der Waals surface area contributed by atoms with Crippen molar-refractivity contribution in [1.29, 1.82) is 0 Å². The Morgan fingerprint density at radius 1 is 0.933 bits per heavy atom. The van der Waals surface area contributed by atoms with Gasteiger partial charge in [-0.3, -0.25) is 4.79 Å². The molecule has 2 heterocycles. The van der Waals surface area contributed by atoms with Crippen LogP contribution in [0.25, 0.3) is 0 Å². The maximum absolute atomic E-state index is 13.4. The third-order valence-corrected chi connectivity index (χ3v) is 6.07. The van der Waals surface area contributed by atoms with Crippen molar-refractivity contribution in [2.45, 2.75) is 24.7 Å². The summed E-state index contributed by atoms with van der Waals surface area (Å²) in [6.07, 6.45) is 1.15. The molecule has 1 aliphatic carbocycles. The second-order valence-corrected chi connectivity index (χ2v) is 8.11. The molecule has 0 saturated heterocycles. The first-order chi connectivity index (χ1) is 14.5. The maximum atomic E-state index is 13.4. The van der Waals surface area contributed by atoms with Gasteiger partial charge in [0.2, 0.25) is 5.95 Å². The van der Waals surface area contributed by atoms with Crippen molar-refractivity contribution < 1.29 is 4.79 Å². The number of rotatable bonds is 2. The molecular weight excluding hydrogens is 398 g/mol. The van der Waals surface area contributed by atoms with Gasteiger partial charge in [0, 0.05) is 34.2 Å². The number of fused-ring (bicyclic) bond motifs is 1. The molecule has 0 unspecified atom stereocenters. The number of nitrogens with one attached hydrogen (secondary N) is 1. The van der Waals surface area contributed by atoms with Gasteiger partial charge in [-0.05, 0) is 35.6 Å². The highest BCUT2D eigenvalue weighted by Crippen LogP contribution is 2.49. The third-order valence-electron chi connectivity index (χ3n) is 5.82. The molecule has 2 aromatic carbocycles. The Morgan fingerprint density at radius 2 is 1.67 bits per heavy atom. The lowest BCUT2D eigenvalue weighted by Gasteiger charge is -2.36. The minimum absolute atomic E-state index is 0.0967. The van der Waals surface area contributed by atoms with E-state index in [9.17, 15) is 4.79 Å². The predicted octanol–water partition coefficient (Wildman–Crippen LogP) is 4.25. The average Bonchev–Trinajstić information content (AvgIpc) is 2.73. The molecule has 1 aliphatic heterocycles. The normalized spacial score (nSPS) is 20.4. The van der Waals surface area contributed by atoms with Gasteiger partial charge in [-0.25, -0.2) is 0 Å². The first kappa shape index (κ1) is 18.6. The molecule has 0 fully saturated rings. The summed E-state index contributed by atoms with van der Waals surface area (Å²) in [6.45, 7) is 0. The number of nitrogens with two attached hydrogens (primary N) is 2. The van der Waals surface area contributed by atoms with Crippen molar-refractivity contribution in [3.05, 3.63) is 87.6 Å². The van der Waals surface area contributed by atoms with Crippen LogP contribution >= 0.6 is 11.6 Å². The van der Waals surface area contributed by atoms with E-state index >= 15 is 0 Å². The fourth-order valence-electron chi connectivity index (χ4n) is 4.51. The van der Waals surface area contributed by atoms with Crippen LogP contribution in [-0.4, -0.2) is 15.8 Å². The van der Waals surface area contributed by atoms with Crippen LogP contribution in [0.4, 0.5) is 17.6 Å². The molecule has 5 rings (SSSR count). The van der Waals surface area contributed by atoms with Crippen molar-refractivity contribution in [1.82, 2.24) is 9.97 Å². The lowest BCUT2D eigenvalue weighted by molar-refractivity contribution is -0.116. The summed E-state index contributed by atoms with van der Waals surface area (Å²) < 4.78 is 0. The fraction of sp³-hybridized carbons (Fsp3) is 0.174. The van der Waals surface area contributed by atoms with Crippen LogP contribution in [0, 0.1) is 0 Å². The Bertz CT molecular complexity index is 1170. The maximum Gasteiger partial charge on any atom is 0.223 e. The van der Waals surface area contributed by atoms with Gasteiger partial charge in [-0.15, -0.1) is 0 Å². The lowest BCUT2D eigenvalue weighted by Crippen LogP contribution is -2.31. The molecule has 0 radical (unpaired) electrons. The van der Waals surface area contributed by atoms with Gasteiger partial charge in [0.1, 0.15) is 11.6 Å². The van der Waals surface area contributed by atoms with Crippen molar-refractivity contribution in [2.75, 3.05) is 16.8 Å². The van der Waals surface area contributed by atoms with Gasteiger partial charge < -0.3 is 16.8 Å². The average molecular weight is 418 g/mol. The second kappa shape index (κ2) is 7.15. The Balaban J connectivity index is 1.67. The van der Waals surface area contributed by atoms with E-state index in [4.69, 9.17) is 23.1 Å². The summed E-state index contributed by atoms with van der Waals surface area (Å²) in [5.74, 6) is 0.765. The molecule has 0 bridgehead atoms. The van der Waals surface area contributed by atoms with E-state index in [-0.39, 0.29) is 29.4 Å². The van der Waals surface area contributed by atoms with E-state index in [1.54, 1.807) is 0 Å². The summed E-state index contributed by atoms with van der Waals surface area (Å²) in [5.41, 5.74) is 16.4. The molecule has 7 heteroatoms. The summed E-state index contributed by atoms with van der Waals surface area (Å²) in [6, 6.07) is 17.6. The molecule has 0 amide bonds. The standard InChI is InChI=1S/C23H20ClN5O/c24-15-8-6-13(7-9-15)18-19-16(27-22-20(18)21(25)28-23(26)29-22)10-14(11-17(19)30)12-4-2-1-3-5-12/h1-9,14,18H,10-11H2,(H5,25,26,27,28,29)/t14-,18+/m1/s1. The number of nitrogen functional groups attached to an aromatic ring is 2. The largest absolute Gasteiger partial charge is 0.383 e. The number of allylic oxidation sites excluding steroid dienone is 2. The number of halogens is 1. The van der Waals surface area contributed by atoms with E-state index in [0.29, 0.717) is 29.2 Å². The molecule has 2 atom stereocenters. The topological polar surface area (TPSA) is 107 Å². The zero-order chi connectivity index (χ0) is 20.8. The fourth-order valence-corrected chi connectivity index (χ4v) is 4.63. The van der Waals surface area contributed by atoms with Crippen LogP contribution in [0.5, 0.6) is 0 Å². The van der Waals surface area contributed by atoms with Crippen LogP contribution < -0.4 is 16.8 Å². The highest BCUT2D eigenvalue weighted by Gasteiger charge is 2.40. The molecule has 150 valence electrons. The van der Waals surface area contributed by atoms with E-state index in [1.807, 2.05) is 42.5 Å². The molecule has 3 aromatic rings. The number of nitrogens with zero attached hydrogens (tertiary/aromatic N) is 2. The first-order valence-corrected chi connectivity index (χ1v) is 10.2. The van der Waals surface area contributed by atoms with E-state index < -0.39 is 0 Å². The monoisotopic (exact) mass is 417 g/mol. The quantitative estimate of drug-likeness (QED) is 0.575. The van der Waals surface area contributed by atoms with Crippen LogP contribution in [0.3, 0.4) is 0 Å². The summed E-state index contributed by atoms with van der Waals surface area (Å²) in [7, 11) is 0. The number of hydrogen-bond donors (Lipinski definition) is 3. The summed E-state index contributed by atoms with van der Waals surface area (Å²) in [5, 5.41) is 3.97. The number of hydrogen-bond acceptors (Lipinski definition) is 6. The number of carbonyl (C=O) groups is 1. The van der Waals surface area contributed by atoms with Gasteiger partial charge in [0.15, 0.2) is 5.78 Å². The van der Waals surface area contributed by atoms with E-state index in [2.05, 4.69) is 27.4 Å². The Hall–Kier alpha value is -3.38. The van der Waals surface area contributed by atoms with Crippen molar-refractivity contribution in [3.63, 3.8) is 0 Å². The first-order valence-electron chi connectivity index (χ1n) is 9.78. The van der Waals surface area contributed by atoms with E-state index in [0.717, 1.165) is 22.4 Å². The van der Waals surface area contributed by atoms with Gasteiger partial charge in [-0.2, -0.15) is 9.97 Å². The molecule has 0 spiro atoms. The predicted molar refractivity (Wildman–Crippen MR) is 118 cm³/mol. The summed E-state index contributed by atoms with van der Waals surface area (Å²) >= 11 is 6.10. The molecule has 1 aromatic heterocycles. The molecule has 6 nitrogen and oxygen atoms in total. The highest BCUT2D eigenvalue weighted by molar-refractivity contribution is 6.30. The third kappa shape index (κ3) is 3.09. The number of carbonyl (C=O) groups excluding carboxylic acids is 1. The zero-order valence-corrected chi connectivity index (χ0v) is 16.9. The zero-order valence-electron chi connectivity index (χ0n) is 16.1. The minimum Gasteiger partial charge on any atom is -0.383 e. The van der Waals surface area contributed by atoms with Crippen LogP contribution in [0.15, 0.2) is 65.9 Å². The number of aromatic nitrogens is 2. The number of benzene rings is 2. The lowest BCUT2D eigenvalue weighted by atomic mass is 9.72. The minimum atomic E-state index is -0.363. The molecule has 0 saturated carbocycles. The Morgan fingerprint density at radius 3 is 2.40 bits per heavy atom. The van der Waals surface area contributed by atoms with Crippen LogP contribution in [-0.2, 0) is 4.79 Å². The SMILES string of the molecule is Nc1nc(N)c2c(n1)NC1=C(C(=O)C[C@H](c3ccccc3)C1)[C@@H]2c1ccc(Cl)cc1. The molecule has 2 aliphatic rings. The number of Topliss-reactive ketones (excluding diaryl/α,β-unsaturated/α-hetero) is 1. The van der Waals surface area contributed by atoms with Crippen molar-refractivity contribution in [2.24, 2.45) is 0 Å². The van der Waals surface area contributed by atoms with Crippen molar-refractivity contribution in [3.8, 4) is 0 Å².